The topological polar surface area (TPSA) is 76.7 Å². The number of fused-ring (bicyclic) bond motifs is 1. The van der Waals surface area contributed by atoms with Gasteiger partial charge in [0.25, 0.3) is 11.8 Å². The quantitative estimate of drug-likeness (QED) is 0.378. The first-order valence-electron chi connectivity index (χ1n) is 9.21. The fraction of sp³-hybridized carbons (Fsp3) is 0.0870. The van der Waals surface area contributed by atoms with Gasteiger partial charge in [-0.15, -0.1) is 0 Å². The molecule has 0 atom stereocenters. The monoisotopic (exact) mass is 418 g/mol. The van der Waals surface area contributed by atoms with Crippen molar-refractivity contribution in [2.24, 2.45) is 0 Å². The number of hydrogen-bond donors (Lipinski definition) is 2. The minimum atomic E-state index is -0.556. The molecule has 2 N–H and O–H groups in total. The van der Waals surface area contributed by atoms with Gasteiger partial charge in [-0.2, -0.15) is 0 Å². The van der Waals surface area contributed by atoms with Crippen LogP contribution >= 0.6 is 12.2 Å². The smallest absolute Gasteiger partial charge is 0.263 e. The number of rotatable bonds is 5. The molecular weight excluding hydrogens is 400 g/mol. The zero-order chi connectivity index (χ0) is 21.1. The predicted molar refractivity (Wildman–Crippen MR) is 118 cm³/mol. The van der Waals surface area contributed by atoms with Gasteiger partial charge in [-0.05, 0) is 46.8 Å². The molecule has 0 bridgehead atoms. The van der Waals surface area contributed by atoms with Crippen LogP contribution < -0.4 is 20.1 Å². The van der Waals surface area contributed by atoms with Crippen LogP contribution in [0.3, 0.4) is 0 Å². The standard InChI is InChI=1S/C23H18N2O4S/c1-28-17-10-9-15(11-19-21(26)24-23(30)25-22(19)27)20(12-17)29-13-16-7-4-6-14-5-2-3-8-18(14)16/h2-12H,13H2,1H3,(H2,24,25,26,27,30). The molecule has 2 amide bonds. The van der Waals surface area contributed by atoms with Gasteiger partial charge >= 0.3 is 0 Å². The second-order valence-electron chi connectivity index (χ2n) is 6.63. The van der Waals surface area contributed by atoms with Crippen LogP contribution in [-0.4, -0.2) is 24.0 Å². The summed E-state index contributed by atoms with van der Waals surface area (Å²) in [6.45, 7) is 0.313. The first-order valence-corrected chi connectivity index (χ1v) is 9.62. The summed E-state index contributed by atoms with van der Waals surface area (Å²) >= 11 is 4.84. The SMILES string of the molecule is COc1ccc(C=C2C(=O)NC(=S)NC2=O)c(OCc2cccc3ccccc23)c1. The fourth-order valence-corrected chi connectivity index (χ4v) is 3.41. The molecule has 0 spiro atoms. The minimum Gasteiger partial charge on any atom is -0.497 e. The third kappa shape index (κ3) is 4.01. The molecule has 0 unspecified atom stereocenters. The van der Waals surface area contributed by atoms with Gasteiger partial charge in [0, 0.05) is 11.6 Å². The summed E-state index contributed by atoms with van der Waals surface area (Å²) in [4.78, 5) is 24.4. The lowest BCUT2D eigenvalue weighted by atomic mass is 10.0. The van der Waals surface area contributed by atoms with E-state index in [1.54, 1.807) is 25.3 Å². The highest BCUT2D eigenvalue weighted by Crippen LogP contribution is 2.29. The fourth-order valence-electron chi connectivity index (χ4n) is 3.22. The van der Waals surface area contributed by atoms with Crippen LogP contribution in [-0.2, 0) is 16.2 Å². The van der Waals surface area contributed by atoms with Crippen LogP contribution in [0, 0.1) is 0 Å². The third-order valence-electron chi connectivity index (χ3n) is 4.73. The molecule has 3 aromatic carbocycles. The number of carbonyl (C=O) groups excluding carboxylic acids is 2. The Hall–Kier alpha value is -3.71. The summed E-state index contributed by atoms with van der Waals surface area (Å²) < 4.78 is 11.4. The Morgan fingerprint density at radius 3 is 2.47 bits per heavy atom. The van der Waals surface area contributed by atoms with E-state index in [1.807, 2.05) is 42.5 Å². The van der Waals surface area contributed by atoms with E-state index in [4.69, 9.17) is 21.7 Å². The summed E-state index contributed by atoms with van der Waals surface area (Å²) in [6, 6.07) is 19.3. The predicted octanol–water partition coefficient (Wildman–Crippen LogP) is 3.34. The summed E-state index contributed by atoms with van der Waals surface area (Å²) in [6.07, 6.45) is 1.48. The van der Waals surface area contributed by atoms with Gasteiger partial charge < -0.3 is 9.47 Å². The van der Waals surface area contributed by atoms with Crippen molar-refractivity contribution < 1.29 is 19.1 Å². The van der Waals surface area contributed by atoms with Crippen molar-refractivity contribution in [1.29, 1.82) is 0 Å². The van der Waals surface area contributed by atoms with Gasteiger partial charge in [-0.3, -0.25) is 20.2 Å². The summed E-state index contributed by atoms with van der Waals surface area (Å²) in [5, 5.41) is 7.07. The van der Waals surface area contributed by atoms with Crippen LogP contribution in [0.1, 0.15) is 11.1 Å². The Kier molecular flexibility index (Phi) is 5.45. The molecule has 6 nitrogen and oxygen atoms in total. The molecule has 0 radical (unpaired) electrons. The normalized spacial score (nSPS) is 13.6. The average Bonchev–Trinajstić information content (AvgIpc) is 2.75. The van der Waals surface area contributed by atoms with E-state index in [1.165, 1.54) is 6.08 Å². The first-order chi connectivity index (χ1) is 14.5. The molecule has 0 saturated carbocycles. The van der Waals surface area contributed by atoms with Crippen molar-refractivity contribution in [3.63, 3.8) is 0 Å². The molecule has 0 aromatic heterocycles. The van der Waals surface area contributed by atoms with E-state index >= 15 is 0 Å². The van der Waals surface area contributed by atoms with Crippen molar-refractivity contribution in [3.8, 4) is 11.5 Å². The van der Waals surface area contributed by atoms with Crippen molar-refractivity contribution in [3.05, 3.63) is 77.4 Å². The molecule has 1 fully saturated rings. The van der Waals surface area contributed by atoms with Gasteiger partial charge in [0.15, 0.2) is 5.11 Å². The van der Waals surface area contributed by atoms with E-state index in [0.29, 0.717) is 23.7 Å². The zero-order valence-corrected chi connectivity index (χ0v) is 16.9. The molecule has 1 heterocycles. The van der Waals surface area contributed by atoms with Gasteiger partial charge in [0.2, 0.25) is 0 Å². The van der Waals surface area contributed by atoms with Crippen LogP contribution in [0.4, 0.5) is 0 Å². The van der Waals surface area contributed by atoms with Gasteiger partial charge in [0.05, 0.1) is 7.11 Å². The summed E-state index contributed by atoms with van der Waals surface area (Å²) in [5.74, 6) is -0.0218. The van der Waals surface area contributed by atoms with Gasteiger partial charge in [-0.25, -0.2) is 0 Å². The third-order valence-corrected chi connectivity index (χ3v) is 4.93. The summed E-state index contributed by atoms with van der Waals surface area (Å²) in [5.41, 5.74) is 1.54. The molecule has 4 rings (SSSR count). The van der Waals surface area contributed by atoms with E-state index in [0.717, 1.165) is 16.3 Å². The highest BCUT2D eigenvalue weighted by atomic mass is 32.1. The second-order valence-corrected chi connectivity index (χ2v) is 7.03. The minimum absolute atomic E-state index is 0.00990. The van der Waals surface area contributed by atoms with E-state index in [9.17, 15) is 9.59 Å². The number of carbonyl (C=O) groups is 2. The molecule has 0 aliphatic carbocycles. The Morgan fingerprint density at radius 2 is 1.70 bits per heavy atom. The van der Waals surface area contributed by atoms with Crippen molar-refractivity contribution in [2.75, 3.05) is 7.11 Å². The maximum absolute atomic E-state index is 12.2. The number of methoxy groups -OCH3 is 1. The zero-order valence-electron chi connectivity index (χ0n) is 16.1. The summed E-state index contributed by atoms with van der Waals surface area (Å²) in [7, 11) is 1.56. The highest BCUT2D eigenvalue weighted by molar-refractivity contribution is 7.80. The van der Waals surface area contributed by atoms with Crippen molar-refractivity contribution in [1.82, 2.24) is 10.6 Å². The average molecular weight is 418 g/mol. The van der Waals surface area contributed by atoms with E-state index < -0.39 is 11.8 Å². The maximum Gasteiger partial charge on any atom is 0.263 e. The Balaban J connectivity index is 1.67. The van der Waals surface area contributed by atoms with Crippen LogP contribution in [0.15, 0.2) is 66.2 Å². The number of ether oxygens (including phenoxy) is 2. The largest absolute Gasteiger partial charge is 0.497 e. The molecule has 150 valence electrons. The molecule has 1 aliphatic heterocycles. The Labute approximate surface area is 178 Å². The number of amides is 2. The van der Waals surface area contributed by atoms with Gasteiger partial charge in [-0.1, -0.05) is 42.5 Å². The number of benzene rings is 3. The number of nitrogens with one attached hydrogen (secondary N) is 2. The van der Waals surface area contributed by atoms with Crippen molar-refractivity contribution >= 4 is 46.0 Å². The van der Waals surface area contributed by atoms with Gasteiger partial charge in [0.1, 0.15) is 23.7 Å². The Bertz CT molecular complexity index is 1180. The number of hydrogen-bond acceptors (Lipinski definition) is 5. The second kappa shape index (κ2) is 8.34. The lowest BCUT2D eigenvalue weighted by molar-refractivity contribution is -0.123. The molecule has 1 aliphatic rings. The molecule has 7 heteroatoms. The van der Waals surface area contributed by atoms with Crippen LogP contribution in [0.25, 0.3) is 16.8 Å². The molecule has 30 heavy (non-hydrogen) atoms. The molecule has 3 aromatic rings. The molecular formula is C23H18N2O4S. The van der Waals surface area contributed by atoms with Crippen LogP contribution in [0.5, 0.6) is 11.5 Å². The van der Waals surface area contributed by atoms with Crippen LogP contribution in [0.2, 0.25) is 0 Å². The maximum atomic E-state index is 12.2. The first kappa shape index (κ1) is 19.6. The van der Waals surface area contributed by atoms with Crippen molar-refractivity contribution in [2.45, 2.75) is 6.61 Å². The van der Waals surface area contributed by atoms with E-state index in [-0.39, 0.29) is 10.7 Å². The highest BCUT2D eigenvalue weighted by Gasteiger charge is 2.26. The molecule has 1 saturated heterocycles. The Morgan fingerprint density at radius 1 is 0.967 bits per heavy atom. The van der Waals surface area contributed by atoms with E-state index in [2.05, 4.69) is 10.6 Å². The lowest BCUT2D eigenvalue weighted by Crippen LogP contribution is -2.51. The number of thiocarbonyl (C=S) groups is 1. The lowest BCUT2D eigenvalue weighted by Gasteiger charge is -2.17.